The van der Waals surface area contributed by atoms with Crippen LogP contribution in [-0.2, 0) is 4.74 Å². The SMILES string of the molecule is Cl.NC[C@H]1COC(=O)N1. The molecule has 5 heteroatoms. The molecule has 1 heterocycles. The molecule has 1 amide bonds. The van der Waals surface area contributed by atoms with Crippen molar-refractivity contribution >= 4 is 18.5 Å². The summed E-state index contributed by atoms with van der Waals surface area (Å²) in [4.78, 5) is 10.2. The number of hydrogen-bond acceptors (Lipinski definition) is 3. The number of nitrogens with two attached hydrogens (primary N) is 1. The van der Waals surface area contributed by atoms with Gasteiger partial charge < -0.3 is 15.8 Å². The third-order valence-corrected chi connectivity index (χ3v) is 1.02. The molecule has 0 bridgehead atoms. The third kappa shape index (κ3) is 2.07. The predicted octanol–water partition coefficient (Wildman–Crippen LogP) is -0.525. The Balaban J connectivity index is 0.000000640. The monoisotopic (exact) mass is 152 g/mol. The molecule has 1 rings (SSSR count). The van der Waals surface area contributed by atoms with E-state index in [0.29, 0.717) is 13.2 Å². The molecule has 0 aromatic rings. The van der Waals surface area contributed by atoms with Crippen molar-refractivity contribution < 1.29 is 9.53 Å². The van der Waals surface area contributed by atoms with Crippen molar-refractivity contribution in [3.05, 3.63) is 0 Å². The van der Waals surface area contributed by atoms with Gasteiger partial charge in [0.25, 0.3) is 0 Å². The van der Waals surface area contributed by atoms with Gasteiger partial charge in [-0.25, -0.2) is 4.79 Å². The van der Waals surface area contributed by atoms with E-state index in [1.807, 2.05) is 0 Å². The lowest BCUT2D eigenvalue weighted by Gasteiger charge is -1.98. The normalized spacial score (nSPS) is 24.1. The van der Waals surface area contributed by atoms with Crippen molar-refractivity contribution in [2.75, 3.05) is 13.2 Å². The summed E-state index contributed by atoms with van der Waals surface area (Å²) in [6.07, 6.45) is -0.361. The highest BCUT2D eigenvalue weighted by Crippen LogP contribution is 1.93. The van der Waals surface area contributed by atoms with Crippen LogP contribution in [0.3, 0.4) is 0 Å². The van der Waals surface area contributed by atoms with E-state index in [9.17, 15) is 4.79 Å². The van der Waals surface area contributed by atoms with E-state index >= 15 is 0 Å². The highest BCUT2D eigenvalue weighted by molar-refractivity contribution is 5.85. The van der Waals surface area contributed by atoms with Gasteiger partial charge >= 0.3 is 6.09 Å². The Bertz CT molecular complexity index is 109. The summed E-state index contributed by atoms with van der Waals surface area (Å²) >= 11 is 0. The van der Waals surface area contributed by atoms with Crippen molar-refractivity contribution in [2.45, 2.75) is 6.04 Å². The lowest BCUT2D eigenvalue weighted by Crippen LogP contribution is -2.33. The van der Waals surface area contributed by atoms with Crippen molar-refractivity contribution in [3.8, 4) is 0 Å². The van der Waals surface area contributed by atoms with E-state index in [4.69, 9.17) is 5.73 Å². The minimum atomic E-state index is -0.361. The van der Waals surface area contributed by atoms with Gasteiger partial charge in [0.05, 0.1) is 6.04 Å². The van der Waals surface area contributed by atoms with Crippen LogP contribution < -0.4 is 11.1 Å². The number of halogens is 1. The van der Waals surface area contributed by atoms with E-state index in [1.165, 1.54) is 0 Å². The van der Waals surface area contributed by atoms with Crippen molar-refractivity contribution in [1.82, 2.24) is 5.32 Å². The van der Waals surface area contributed by atoms with Crippen LogP contribution in [-0.4, -0.2) is 25.3 Å². The maximum Gasteiger partial charge on any atom is 0.407 e. The first-order chi connectivity index (χ1) is 3.83. The van der Waals surface area contributed by atoms with E-state index in [-0.39, 0.29) is 24.5 Å². The van der Waals surface area contributed by atoms with Gasteiger partial charge in [-0.05, 0) is 0 Å². The zero-order chi connectivity index (χ0) is 5.98. The van der Waals surface area contributed by atoms with Crippen LogP contribution in [0.2, 0.25) is 0 Å². The summed E-state index contributed by atoms with van der Waals surface area (Å²) in [7, 11) is 0. The topological polar surface area (TPSA) is 64.3 Å². The summed E-state index contributed by atoms with van der Waals surface area (Å²) in [5.41, 5.74) is 5.20. The number of nitrogens with one attached hydrogen (secondary N) is 1. The maximum absolute atomic E-state index is 10.2. The standard InChI is InChI=1S/C4H8N2O2.ClH/c5-1-3-2-8-4(7)6-3;/h3H,1-2,5H2,(H,6,7);1H/t3-;/m0./s1. The number of hydrogen-bond donors (Lipinski definition) is 2. The fraction of sp³-hybridized carbons (Fsp3) is 0.750. The number of rotatable bonds is 1. The van der Waals surface area contributed by atoms with Crippen LogP contribution >= 0.6 is 12.4 Å². The number of amides is 1. The predicted molar refractivity (Wildman–Crippen MR) is 34.6 cm³/mol. The van der Waals surface area contributed by atoms with Gasteiger partial charge in [0, 0.05) is 6.54 Å². The molecule has 1 aliphatic heterocycles. The molecule has 0 unspecified atom stereocenters. The molecule has 0 radical (unpaired) electrons. The van der Waals surface area contributed by atoms with Crippen LogP contribution in [0, 0.1) is 0 Å². The highest BCUT2D eigenvalue weighted by atomic mass is 35.5. The number of alkyl carbamates (subject to hydrolysis) is 1. The lowest BCUT2D eigenvalue weighted by molar-refractivity contribution is 0.177. The Morgan fingerprint density at radius 3 is 2.78 bits per heavy atom. The number of carbonyl (C=O) groups is 1. The summed E-state index contributed by atoms with van der Waals surface area (Å²) in [5, 5.41) is 2.52. The van der Waals surface area contributed by atoms with Crippen molar-refractivity contribution in [1.29, 1.82) is 0 Å². The number of cyclic esters (lactones) is 1. The van der Waals surface area contributed by atoms with Gasteiger partial charge in [-0.3, -0.25) is 0 Å². The molecular formula is C4H9ClN2O2. The first-order valence-corrected chi connectivity index (χ1v) is 2.46. The van der Waals surface area contributed by atoms with Gasteiger partial charge in [0.2, 0.25) is 0 Å². The Morgan fingerprint density at radius 2 is 2.56 bits per heavy atom. The average molecular weight is 153 g/mol. The molecular weight excluding hydrogens is 144 g/mol. The van der Waals surface area contributed by atoms with Crippen molar-refractivity contribution in [3.63, 3.8) is 0 Å². The van der Waals surface area contributed by atoms with E-state index in [1.54, 1.807) is 0 Å². The smallest absolute Gasteiger partial charge is 0.407 e. The minimum Gasteiger partial charge on any atom is -0.447 e. The van der Waals surface area contributed by atoms with Crippen LogP contribution in [0.5, 0.6) is 0 Å². The number of ether oxygens (including phenoxy) is 1. The molecule has 9 heavy (non-hydrogen) atoms. The van der Waals surface area contributed by atoms with E-state index in [2.05, 4.69) is 10.1 Å². The Kier molecular flexibility index (Phi) is 3.34. The van der Waals surface area contributed by atoms with Gasteiger partial charge in [-0.2, -0.15) is 0 Å². The zero-order valence-corrected chi connectivity index (χ0v) is 5.61. The summed E-state index contributed by atoms with van der Waals surface area (Å²) in [5.74, 6) is 0. The van der Waals surface area contributed by atoms with Gasteiger partial charge in [0.15, 0.2) is 0 Å². The second kappa shape index (κ2) is 3.53. The van der Waals surface area contributed by atoms with Crippen LogP contribution in [0.15, 0.2) is 0 Å². The van der Waals surface area contributed by atoms with E-state index in [0.717, 1.165) is 0 Å². The average Bonchev–Trinajstić information content (AvgIpc) is 2.14. The Labute approximate surface area is 59.1 Å². The lowest BCUT2D eigenvalue weighted by atomic mass is 10.3. The highest BCUT2D eigenvalue weighted by Gasteiger charge is 2.19. The summed E-state index contributed by atoms with van der Waals surface area (Å²) < 4.78 is 4.53. The minimum absolute atomic E-state index is 0. The van der Waals surface area contributed by atoms with Crippen LogP contribution in [0.4, 0.5) is 4.79 Å². The fourth-order valence-corrected chi connectivity index (χ4v) is 0.553. The largest absolute Gasteiger partial charge is 0.447 e. The molecule has 1 saturated heterocycles. The molecule has 3 N–H and O–H groups in total. The molecule has 54 valence electrons. The maximum atomic E-state index is 10.2. The molecule has 1 atom stereocenters. The first-order valence-electron chi connectivity index (χ1n) is 2.46. The molecule has 1 fully saturated rings. The quantitative estimate of drug-likeness (QED) is 0.531. The molecule has 1 aliphatic rings. The molecule has 0 aliphatic carbocycles. The molecule has 0 aromatic carbocycles. The van der Waals surface area contributed by atoms with Gasteiger partial charge in [-0.15, -0.1) is 12.4 Å². The second-order valence-corrected chi connectivity index (χ2v) is 1.68. The summed E-state index contributed by atoms with van der Waals surface area (Å²) in [6.45, 7) is 0.862. The van der Waals surface area contributed by atoms with Gasteiger partial charge in [0.1, 0.15) is 6.61 Å². The van der Waals surface area contributed by atoms with E-state index < -0.39 is 0 Å². The molecule has 0 aromatic heterocycles. The van der Waals surface area contributed by atoms with Crippen LogP contribution in [0.25, 0.3) is 0 Å². The third-order valence-electron chi connectivity index (χ3n) is 1.02. The van der Waals surface area contributed by atoms with Crippen LogP contribution in [0.1, 0.15) is 0 Å². The Hall–Kier alpha value is -0.480. The first kappa shape index (κ1) is 8.52. The molecule has 0 saturated carbocycles. The summed E-state index contributed by atoms with van der Waals surface area (Å²) in [6, 6.07) is 0.0301. The fourth-order valence-electron chi connectivity index (χ4n) is 0.553. The molecule has 0 spiro atoms. The zero-order valence-electron chi connectivity index (χ0n) is 4.79. The van der Waals surface area contributed by atoms with Gasteiger partial charge in [-0.1, -0.05) is 0 Å². The Morgan fingerprint density at radius 1 is 1.89 bits per heavy atom. The van der Waals surface area contributed by atoms with Crippen molar-refractivity contribution in [2.24, 2.45) is 5.73 Å². The second-order valence-electron chi connectivity index (χ2n) is 1.68. The molecule has 4 nitrogen and oxygen atoms in total. The number of carbonyl (C=O) groups excluding carboxylic acids is 1.